The van der Waals surface area contributed by atoms with E-state index in [0.717, 1.165) is 15.3 Å². The van der Waals surface area contributed by atoms with E-state index in [-0.39, 0.29) is 22.3 Å². The van der Waals surface area contributed by atoms with Gasteiger partial charge in [0.2, 0.25) is 15.9 Å². The van der Waals surface area contributed by atoms with Crippen molar-refractivity contribution < 1.29 is 22.7 Å². The number of sulfonamides is 1. The normalized spacial score (nSPS) is 11.8. The lowest BCUT2D eigenvalue weighted by Crippen LogP contribution is -2.23. The molecule has 0 bridgehead atoms. The van der Waals surface area contributed by atoms with Crippen LogP contribution in [0.4, 0.5) is 5.69 Å². The van der Waals surface area contributed by atoms with Gasteiger partial charge in [0.05, 0.1) is 30.5 Å². The number of aromatic nitrogens is 2. The topological polar surface area (TPSA) is 103 Å². The van der Waals surface area contributed by atoms with Gasteiger partial charge in [-0.3, -0.25) is 4.79 Å². The highest BCUT2D eigenvalue weighted by atomic mass is 32.2. The first kappa shape index (κ1) is 24.1. The lowest BCUT2D eigenvalue weighted by molar-refractivity contribution is -0.113. The number of ether oxygens (including phenoxy) is 2. The van der Waals surface area contributed by atoms with Crippen LogP contribution in [0, 0.1) is 0 Å². The molecular weight excluding hydrogens is 452 g/mol. The van der Waals surface area contributed by atoms with Crippen molar-refractivity contribution in [1.29, 1.82) is 0 Å². The summed E-state index contributed by atoms with van der Waals surface area (Å²) in [5.41, 5.74) is 2.19. The van der Waals surface area contributed by atoms with E-state index >= 15 is 0 Å². The van der Waals surface area contributed by atoms with Crippen molar-refractivity contribution in [2.45, 2.75) is 16.6 Å². The van der Waals surface area contributed by atoms with E-state index in [1.54, 1.807) is 13.2 Å². The first-order valence-electron chi connectivity index (χ1n) is 9.75. The molecular formula is C21H26N4O5S2. The van der Waals surface area contributed by atoms with Crippen LogP contribution in [0.5, 0.6) is 5.75 Å². The summed E-state index contributed by atoms with van der Waals surface area (Å²) in [6.45, 7) is 1.14. The van der Waals surface area contributed by atoms with Crippen molar-refractivity contribution in [3.05, 3.63) is 42.5 Å². The number of amides is 1. The van der Waals surface area contributed by atoms with Crippen LogP contribution in [-0.4, -0.2) is 68.9 Å². The average molecular weight is 479 g/mol. The zero-order valence-corrected chi connectivity index (χ0v) is 20.0. The summed E-state index contributed by atoms with van der Waals surface area (Å²) in [6.07, 6.45) is 0. The van der Waals surface area contributed by atoms with Gasteiger partial charge >= 0.3 is 0 Å². The van der Waals surface area contributed by atoms with E-state index in [4.69, 9.17) is 9.47 Å². The van der Waals surface area contributed by atoms with Gasteiger partial charge in [-0.05, 0) is 30.3 Å². The third-order valence-electron chi connectivity index (χ3n) is 4.68. The molecule has 3 aromatic rings. The van der Waals surface area contributed by atoms with Gasteiger partial charge in [-0.2, -0.15) is 0 Å². The van der Waals surface area contributed by atoms with E-state index in [1.165, 1.54) is 45.1 Å². The largest absolute Gasteiger partial charge is 0.495 e. The maximum Gasteiger partial charge on any atom is 0.246 e. The van der Waals surface area contributed by atoms with Crippen molar-refractivity contribution in [2.75, 3.05) is 46.0 Å². The Hall–Kier alpha value is -2.60. The first-order chi connectivity index (χ1) is 15.3. The van der Waals surface area contributed by atoms with Gasteiger partial charge in [-0.15, -0.1) is 0 Å². The van der Waals surface area contributed by atoms with Gasteiger partial charge < -0.3 is 19.4 Å². The highest BCUT2D eigenvalue weighted by Crippen LogP contribution is 2.29. The van der Waals surface area contributed by atoms with Crippen LogP contribution in [-0.2, 0) is 26.1 Å². The zero-order chi connectivity index (χ0) is 23.3. The molecule has 0 saturated heterocycles. The Morgan fingerprint density at radius 3 is 2.62 bits per heavy atom. The molecule has 1 heterocycles. The Morgan fingerprint density at radius 2 is 1.94 bits per heavy atom. The molecule has 2 aromatic carbocycles. The Morgan fingerprint density at radius 1 is 1.19 bits per heavy atom. The summed E-state index contributed by atoms with van der Waals surface area (Å²) < 4.78 is 38.6. The molecule has 0 fully saturated rings. The monoisotopic (exact) mass is 478 g/mol. The number of methoxy groups -OCH3 is 2. The molecule has 1 N–H and O–H groups in total. The Kier molecular flexibility index (Phi) is 7.77. The van der Waals surface area contributed by atoms with E-state index in [1.807, 2.05) is 28.8 Å². The number of imidazole rings is 1. The number of nitrogens with one attached hydrogen (secondary N) is 1. The smallest absolute Gasteiger partial charge is 0.246 e. The van der Waals surface area contributed by atoms with E-state index in [2.05, 4.69) is 10.3 Å². The minimum absolute atomic E-state index is 0.0168. The van der Waals surface area contributed by atoms with E-state index in [0.29, 0.717) is 24.0 Å². The Labute approximate surface area is 191 Å². The van der Waals surface area contributed by atoms with Gasteiger partial charge in [-0.1, -0.05) is 23.9 Å². The molecule has 9 nitrogen and oxygen atoms in total. The molecule has 32 heavy (non-hydrogen) atoms. The predicted molar refractivity (Wildman–Crippen MR) is 125 cm³/mol. The summed E-state index contributed by atoms with van der Waals surface area (Å²) in [4.78, 5) is 17.2. The summed E-state index contributed by atoms with van der Waals surface area (Å²) in [6, 6.07) is 12.3. The van der Waals surface area contributed by atoms with Crippen molar-refractivity contribution >= 4 is 44.4 Å². The minimum atomic E-state index is -3.74. The molecule has 1 aromatic heterocycles. The van der Waals surface area contributed by atoms with E-state index in [9.17, 15) is 13.2 Å². The fraction of sp³-hybridized carbons (Fsp3) is 0.333. The minimum Gasteiger partial charge on any atom is -0.495 e. The molecule has 11 heteroatoms. The summed E-state index contributed by atoms with van der Waals surface area (Å²) in [7, 11) is 2.17. The number of para-hydroxylation sites is 2. The third-order valence-corrected chi connectivity index (χ3v) is 7.49. The molecule has 0 aliphatic rings. The number of benzene rings is 2. The molecule has 0 atom stereocenters. The standard InChI is InChI=1S/C21H26N4O5S2/c1-24(2)32(27,28)19-13-15(9-10-18(19)30-4)22-20(26)14-31-21-23-16-7-5-6-8-17(16)25(21)11-12-29-3/h5-10,13H,11-12,14H2,1-4H3,(H,22,26). The van der Waals surface area contributed by atoms with Gasteiger partial charge in [0.25, 0.3) is 0 Å². The van der Waals surface area contributed by atoms with Crippen LogP contribution >= 0.6 is 11.8 Å². The zero-order valence-electron chi connectivity index (χ0n) is 18.4. The van der Waals surface area contributed by atoms with Gasteiger partial charge in [0.1, 0.15) is 10.6 Å². The van der Waals surface area contributed by atoms with Gasteiger partial charge in [-0.25, -0.2) is 17.7 Å². The summed E-state index contributed by atoms with van der Waals surface area (Å²) >= 11 is 1.31. The van der Waals surface area contributed by atoms with Crippen LogP contribution in [0.25, 0.3) is 11.0 Å². The predicted octanol–water partition coefficient (Wildman–Crippen LogP) is 2.67. The second-order valence-corrected chi connectivity index (χ2v) is 10.1. The van der Waals surface area contributed by atoms with Gasteiger partial charge in [0, 0.05) is 33.4 Å². The van der Waals surface area contributed by atoms with Gasteiger partial charge in [0.15, 0.2) is 5.16 Å². The average Bonchev–Trinajstić information content (AvgIpc) is 3.13. The van der Waals surface area contributed by atoms with Crippen LogP contribution in [0.15, 0.2) is 52.5 Å². The third kappa shape index (κ3) is 5.23. The lowest BCUT2D eigenvalue weighted by atomic mass is 10.3. The fourth-order valence-corrected chi connectivity index (χ4v) is 4.96. The number of thioether (sulfide) groups is 1. The summed E-state index contributed by atoms with van der Waals surface area (Å²) in [5, 5.41) is 3.46. The molecule has 0 spiro atoms. The van der Waals surface area contributed by atoms with Crippen molar-refractivity contribution in [1.82, 2.24) is 13.9 Å². The first-order valence-corrected chi connectivity index (χ1v) is 12.2. The van der Waals surface area contributed by atoms with Crippen LogP contribution in [0.1, 0.15) is 0 Å². The molecule has 0 saturated carbocycles. The second-order valence-electron chi connectivity index (χ2n) is 7.02. The molecule has 1 amide bonds. The Balaban J connectivity index is 1.76. The van der Waals surface area contributed by atoms with Crippen LogP contribution < -0.4 is 10.1 Å². The molecule has 172 valence electrons. The number of hydrogen-bond donors (Lipinski definition) is 1. The maximum absolute atomic E-state index is 12.6. The quantitative estimate of drug-likeness (QED) is 0.447. The lowest BCUT2D eigenvalue weighted by Gasteiger charge is -2.16. The molecule has 0 aliphatic carbocycles. The van der Waals surface area contributed by atoms with Crippen LogP contribution in [0.2, 0.25) is 0 Å². The number of hydrogen-bond acceptors (Lipinski definition) is 7. The Bertz CT molecular complexity index is 1210. The van der Waals surface area contributed by atoms with Crippen LogP contribution in [0.3, 0.4) is 0 Å². The maximum atomic E-state index is 12.6. The SMILES string of the molecule is COCCn1c(SCC(=O)Nc2ccc(OC)c(S(=O)(=O)N(C)C)c2)nc2ccccc21. The number of carbonyl (C=O) groups is 1. The molecule has 0 radical (unpaired) electrons. The number of nitrogens with zero attached hydrogens (tertiary/aromatic N) is 3. The summed E-state index contributed by atoms with van der Waals surface area (Å²) in [5.74, 6) is 0.0367. The number of fused-ring (bicyclic) bond motifs is 1. The van der Waals surface area contributed by atoms with E-state index < -0.39 is 10.0 Å². The molecule has 3 rings (SSSR count). The highest BCUT2D eigenvalue weighted by Gasteiger charge is 2.23. The number of carbonyl (C=O) groups excluding carboxylic acids is 1. The van der Waals surface area contributed by atoms with Crippen molar-refractivity contribution in [3.63, 3.8) is 0 Å². The molecule has 0 unspecified atom stereocenters. The number of anilines is 1. The highest BCUT2D eigenvalue weighted by molar-refractivity contribution is 7.99. The molecule has 0 aliphatic heterocycles. The van der Waals surface area contributed by atoms with Crippen molar-refractivity contribution in [3.8, 4) is 5.75 Å². The fourth-order valence-electron chi connectivity index (χ4n) is 3.04. The van der Waals surface area contributed by atoms with Crippen molar-refractivity contribution in [2.24, 2.45) is 0 Å². The second kappa shape index (κ2) is 10.3. The number of rotatable bonds is 10.